The SMILES string of the molecule is CCC(C)[C@H](N)c1ccc2c(c1)CCO2.Cl. The molecule has 0 spiro atoms. The smallest absolute Gasteiger partial charge is 0.122 e. The Hall–Kier alpha value is -0.730. The first-order chi connectivity index (χ1) is 7.22. The quantitative estimate of drug-likeness (QED) is 0.883. The summed E-state index contributed by atoms with van der Waals surface area (Å²) in [6, 6.07) is 6.51. The summed E-state index contributed by atoms with van der Waals surface area (Å²) in [5.74, 6) is 1.57. The highest BCUT2D eigenvalue weighted by molar-refractivity contribution is 5.85. The van der Waals surface area contributed by atoms with E-state index in [1.807, 2.05) is 0 Å². The maximum Gasteiger partial charge on any atom is 0.122 e. The molecule has 0 fully saturated rings. The van der Waals surface area contributed by atoms with Crippen molar-refractivity contribution in [3.63, 3.8) is 0 Å². The molecule has 0 amide bonds. The highest BCUT2D eigenvalue weighted by Gasteiger charge is 2.17. The van der Waals surface area contributed by atoms with Crippen molar-refractivity contribution in [1.82, 2.24) is 0 Å². The van der Waals surface area contributed by atoms with Crippen LogP contribution in [0.15, 0.2) is 18.2 Å². The Morgan fingerprint density at radius 2 is 2.19 bits per heavy atom. The van der Waals surface area contributed by atoms with Crippen molar-refractivity contribution in [2.24, 2.45) is 11.7 Å². The van der Waals surface area contributed by atoms with E-state index < -0.39 is 0 Å². The van der Waals surface area contributed by atoms with Crippen molar-refractivity contribution < 1.29 is 4.74 Å². The number of benzene rings is 1. The molecule has 0 saturated heterocycles. The Balaban J connectivity index is 0.00000128. The van der Waals surface area contributed by atoms with Gasteiger partial charge in [0.15, 0.2) is 0 Å². The molecule has 2 rings (SSSR count). The molecule has 2 N–H and O–H groups in total. The molecule has 0 bridgehead atoms. The van der Waals surface area contributed by atoms with Gasteiger partial charge in [0.05, 0.1) is 6.61 Å². The van der Waals surface area contributed by atoms with E-state index in [1.54, 1.807) is 0 Å². The zero-order valence-corrected chi connectivity index (χ0v) is 10.7. The van der Waals surface area contributed by atoms with Crippen molar-refractivity contribution >= 4 is 12.4 Å². The molecule has 2 nitrogen and oxygen atoms in total. The van der Waals surface area contributed by atoms with Gasteiger partial charge in [-0.1, -0.05) is 32.4 Å². The molecule has 1 aliphatic rings. The van der Waals surface area contributed by atoms with Gasteiger partial charge in [-0.25, -0.2) is 0 Å². The van der Waals surface area contributed by atoms with E-state index in [9.17, 15) is 0 Å². The number of halogens is 1. The largest absolute Gasteiger partial charge is 0.493 e. The van der Waals surface area contributed by atoms with Crippen molar-refractivity contribution in [3.8, 4) is 5.75 Å². The van der Waals surface area contributed by atoms with Crippen LogP contribution in [0.3, 0.4) is 0 Å². The molecule has 0 saturated carbocycles. The summed E-state index contributed by atoms with van der Waals surface area (Å²) in [4.78, 5) is 0. The minimum Gasteiger partial charge on any atom is -0.493 e. The molecule has 90 valence electrons. The highest BCUT2D eigenvalue weighted by atomic mass is 35.5. The van der Waals surface area contributed by atoms with Crippen LogP contribution in [0, 0.1) is 5.92 Å². The second-order valence-electron chi connectivity index (χ2n) is 4.38. The highest BCUT2D eigenvalue weighted by Crippen LogP contribution is 2.30. The average Bonchev–Trinajstić information content (AvgIpc) is 2.73. The summed E-state index contributed by atoms with van der Waals surface area (Å²) in [5, 5.41) is 0. The first kappa shape index (κ1) is 13.3. The van der Waals surface area contributed by atoms with Crippen LogP contribution >= 0.6 is 12.4 Å². The van der Waals surface area contributed by atoms with Gasteiger partial charge in [0, 0.05) is 12.5 Å². The van der Waals surface area contributed by atoms with E-state index in [2.05, 4.69) is 32.0 Å². The number of hydrogen-bond donors (Lipinski definition) is 1. The second-order valence-corrected chi connectivity index (χ2v) is 4.38. The van der Waals surface area contributed by atoms with E-state index >= 15 is 0 Å². The third-order valence-corrected chi connectivity index (χ3v) is 3.36. The lowest BCUT2D eigenvalue weighted by Gasteiger charge is -2.19. The van der Waals surface area contributed by atoms with E-state index in [4.69, 9.17) is 10.5 Å². The van der Waals surface area contributed by atoms with Crippen LogP contribution in [-0.4, -0.2) is 6.61 Å². The Bertz CT molecular complexity index is 354. The first-order valence-electron chi connectivity index (χ1n) is 5.73. The lowest BCUT2D eigenvalue weighted by atomic mass is 9.92. The van der Waals surface area contributed by atoms with Crippen LogP contribution in [-0.2, 0) is 6.42 Å². The zero-order chi connectivity index (χ0) is 10.8. The first-order valence-corrected chi connectivity index (χ1v) is 5.73. The molecule has 16 heavy (non-hydrogen) atoms. The molecule has 0 aliphatic carbocycles. The van der Waals surface area contributed by atoms with Gasteiger partial charge in [-0.15, -0.1) is 12.4 Å². The van der Waals surface area contributed by atoms with Gasteiger partial charge in [0.1, 0.15) is 5.75 Å². The topological polar surface area (TPSA) is 35.2 Å². The normalized spacial score (nSPS) is 16.9. The third kappa shape index (κ3) is 2.50. The summed E-state index contributed by atoms with van der Waals surface area (Å²) >= 11 is 0. The maximum absolute atomic E-state index is 6.20. The molecular formula is C13H20ClNO. The summed E-state index contributed by atoms with van der Waals surface area (Å²) in [7, 11) is 0. The minimum atomic E-state index is 0. The van der Waals surface area contributed by atoms with Crippen molar-refractivity contribution in [3.05, 3.63) is 29.3 Å². The van der Waals surface area contributed by atoms with Crippen LogP contribution in [0.1, 0.15) is 37.4 Å². The second kappa shape index (κ2) is 5.55. The van der Waals surface area contributed by atoms with Gasteiger partial charge in [0.25, 0.3) is 0 Å². The van der Waals surface area contributed by atoms with Gasteiger partial charge >= 0.3 is 0 Å². The zero-order valence-electron chi connectivity index (χ0n) is 9.90. The lowest BCUT2D eigenvalue weighted by molar-refractivity contribution is 0.356. The molecule has 1 aromatic rings. The summed E-state index contributed by atoms with van der Waals surface area (Å²) in [5.41, 5.74) is 8.76. The molecule has 0 radical (unpaired) electrons. The van der Waals surface area contributed by atoms with Crippen LogP contribution in [0.2, 0.25) is 0 Å². The van der Waals surface area contributed by atoms with Crippen LogP contribution in [0.5, 0.6) is 5.75 Å². The minimum absolute atomic E-state index is 0. The van der Waals surface area contributed by atoms with E-state index in [0.717, 1.165) is 25.2 Å². The number of fused-ring (bicyclic) bond motifs is 1. The maximum atomic E-state index is 6.20. The molecular weight excluding hydrogens is 222 g/mol. The average molecular weight is 242 g/mol. The fourth-order valence-corrected chi connectivity index (χ4v) is 2.00. The van der Waals surface area contributed by atoms with Crippen molar-refractivity contribution in [1.29, 1.82) is 0 Å². The molecule has 1 aliphatic heterocycles. The van der Waals surface area contributed by atoms with Gasteiger partial charge < -0.3 is 10.5 Å². The molecule has 3 heteroatoms. The Labute approximate surface area is 104 Å². The fourth-order valence-electron chi connectivity index (χ4n) is 2.00. The summed E-state index contributed by atoms with van der Waals surface area (Å²) < 4.78 is 5.48. The van der Waals surface area contributed by atoms with Crippen molar-refractivity contribution in [2.75, 3.05) is 6.61 Å². The van der Waals surface area contributed by atoms with Gasteiger partial charge in [-0.2, -0.15) is 0 Å². The molecule has 1 heterocycles. The number of ether oxygens (including phenoxy) is 1. The molecule has 0 aromatic heterocycles. The summed E-state index contributed by atoms with van der Waals surface area (Å²) in [6.07, 6.45) is 2.14. The molecule has 1 unspecified atom stereocenters. The number of nitrogens with two attached hydrogens (primary N) is 1. The number of hydrogen-bond acceptors (Lipinski definition) is 2. The van der Waals surface area contributed by atoms with E-state index in [-0.39, 0.29) is 18.4 Å². The standard InChI is InChI=1S/C13H19NO.ClH/c1-3-9(2)13(14)11-4-5-12-10(8-11)6-7-15-12;/h4-5,8-9,13H,3,6-7,14H2,1-2H3;1H/t9?,13-;/m0./s1. The van der Waals surface area contributed by atoms with Gasteiger partial charge in [-0.05, 0) is 23.1 Å². The number of rotatable bonds is 3. The third-order valence-electron chi connectivity index (χ3n) is 3.36. The predicted molar refractivity (Wildman–Crippen MR) is 69.3 cm³/mol. The Morgan fingerprint density at radius 3 is 2.88 bits per heavy atom. The lowest BCUT2D eigenvalue weighted by Crippen LogP contribution is -2.18. The fraction of sp³-hybridized carbons (Fsp3) is 0.538. The Morgan fingerprint density at radius 1 is 1.44 bits per heavy atom. The Kier molecular flexibility index (Phi) is 4.63. The van der Waals surface area contributed by atoms with Crippen LogP contribution in [0.25, 0.3) is 0 Å². The van der Waals surface area contributed by atoms with E-state index in [1.165, 1.54) is 11.1 Å². The monoisotopic (exact) mass is 241 g/mol. The van der Waals surface area contributed by atoms with E-state index in [0.29, 0.717) is 5.92 Å². The molecule has 2 atom stereocenters. The van der Waals surface area contributed by atoms with Gasteiger partial charge in [0.2, 0.25) is 0 Å². The predicted octanol–water partition coefficient (Wildman–Crippen LogP) is 3.09. The molecule has 1 aromatic carbocycles. The summed E-state index contributed by atoms with van der Waals surface area (Å²) in [6.45, 7) is 5.20. The van der Waals surface area contributed by atoms with Crippen LogP contribution in [0.4, 0.5) is 0 Å². The van der Waals surface area contributed by atoms with Gasteiger partial charge in [-0.3, -0.25) is 0 Å². The van der Waals surface area contributed by atoms with Crippen LogP contribution < -0.4 is 10.5 Å². The van der Waals surface area contributed by atoms with Crippen molar-refractivity contribution in [2.45, 2.75) is 32.7 Å².